The van der Waals surface area contributed by atoms with E-state index in [-0.39, 0.29) is 30.3 Å². The van der Waals surface area contributed by atoms with Crippen molar-refractivity contribution in [1.29, 1.82) is 0 Å². The monoisotopic (exact) mass is 307 g/mol. The van der Waals surface area contributed by atoms with E-state index in [1.165, 1.54) is 12.7 Å². The zero-order valence-electron chi connectivity index (χ0n) is 13.4. The SMILES string of the molecule is CCC(C)N(CC(=O)Nc1ccon1)C(=O)C1CCCCC1. The number of carbonyl (C=O) groups excluding carboxylic acids is 2. The molecule has 0 aliphatic heterocycles. The van der Waals surface area contributed by atoms with Crippen molar-refractivity contribution in [1.82, 2.24) is 10.1 Å². The molecule has 1 atom stereocenters. The summed E-state index contributed by atoms with van der Waals surface area (Å²) in [6, 6.07) is 1.63. The Morgan fingerprint density at radius 1 is 1.41 bits per heavy atom. The van der Waals surface area contributed by atoms with Gasteiger partial charge in [0.25, 0.3) is 0 Å². The summed E-state index contributed by atoms with van der Waals surface area (Å²) in [7, 11) is 0. The van der Waals surface area contributed by atoms with E-state index in [0.717, 1.165) is 32.1 Å². The van der Waals surface area contributed by atoms with Gasteiger partial charge in [-0.2, -0.15) is 0 Å². The van der Waals surface area contributed by atoms with Crippen molar-refractivity contribution in [2.24, 2.45) is 5.92 Å². The van der Waals surface area contributed by atoms with E-state index in [9.17, 15) is 9.59 Å². The third-order valence-corrected chi connectivity index (χ3v) is 4.38. The first-order chi connectivity index (χ1) is 10.6. The van der Waals surface area contributed by atoms with Crippen molar-refractivity contribution < 1.29 is 14.1 Å². The number of hydrogen-bond donors (Lipinski definition) is 1. The molecule has 0 spiro atoms. The van der Waals surface area contributed by atoms with Crippen molar-refractivity contribution in [2.75, 3.05) is 11.9 Å². The summed E-state index contributed by atoms with van der Waals surface area (Å²) < 4.78 is 4.69. The number of nitrogens with zero attached hydrogens (tertiary/aromatic N) is 2. The molecule has 2 amide bonds. The van der Waals surface area contributed by atoms with E-state index in [2.05, 4.69) is 15.0 Å². The number of nitrogens with one attached hydrogen (secondary N) is 1. The molecule has 1 unspecified atom stereocenters. The molecule has 1 saturated carbocycles. The van der Waals surface area contributed by atoms with Gasteiger partial charge in [-0.05, 0) is 26.2 Å². The average Bonchev–Trinajstić information content (AvgIpc) is 3.05. The predicted octanol–water partition coefficient (Wildman–Crippen LogP) is 2.82. The van der Waals surface area contributed by atoms with Crippen LogP contribution in [0.2, 0.25) is 0 Å². The number of hydrogen-bond acceptors (Lipinski definition) is 4. The number of rotatable bonds is 6. The molecular weight excluding hydrogens is 282 g/mol. The minimum Gasteiger partial charge on any atom is -0.363 e. The molecule has 1 fully saturated rings. The second-order valence-corrected chi connectivity index (χ2v) is 5.99. The molecule has 0 aromatic carbocycles. The molecule has 1 heterocycles. The second-order valence-electron chi connectivity index (χ2n) is 5.99. The highest BCUT2D eigenvalue weighted by Crippen LogP contribution is 2.26. The summed E-state index contributed by atoms with van der Waals surface area (Å²) in [5.41, 5.74) is 0. The lowest BCUT2D eigenvalue weighted by Gasteiger charge is -2.32. The zero-order chi connectivity index (χ0) is 15.9. The van der Waals surface area contributed by atoms with Crippen LogP contribution in [0.25, 0.3) is 0 Å². The van der Waals surface area contributed by atoms with Gasteiger partial charge in [0.1, 0.15) is 12.8 Å². The van der Waals surface area contributed by atoms with Gasteiger partial charge in [-0.25, -0.2) is 0 Å². The first-order valence-electron chi connectivity index (χ1n) is 8.12. The molecule has 0 radical (unpaired) electrons. The van der Waals surface area contributed by atoms with Gasteiger partial charge in [-0.1, -0.05) is 31.3 Å². The molecule has 1 aliphatic carbocycles. The summed E-state index contributed by atoms with van der Waals surface area (Å²) in [5.74, 6) is 0.324. The van der Waals surface area contributed by atoms with Gasteiger partial charge in [0.05, 0.1) is 0 Å². The van der Waals surface area contributed by atoms with E-state index in [4.69, 9.17) is 0 Å². The lowest BCUT2D eigenvalue weighted by Crippen LogP contribution is -2.46. The summed E-state index contributed by atoms with van der Waals surface area (Å²) in [5, 5.41) is 6.30. The van der Waals surface area contributed by atoms with Gasteiger partial charge in [-0.3, -0.25) is 9.59 Å². The van der Waals surface area contributed by atoms with Crippen molar-refractivity contribution in [3.63, 3.8) is 0 Å². The highest BCUT2D eigenvalue weighted by Gasteiger charge is 2.29. The normalized spacial score (nSPS) is 17.0. The van der Waals surface area contributed by atoms with Crippen LogP contribution in [-0.4, -0.2) is 34.5 Å². The highest BCUT2D eigenvalue weighted by atomic mass is 16.5. The first-order valence-corrected chi connectivity index (χ1v) is 8.12. The Labute approximate surface area is 131 Å². The van der Waals surface area contributed by atoms with Crippen LogP contribution in [-0.2, 0) is 9.59 Å². The topological polar surface area (TPSA) is 75.4 Å². The Balaban J connectivity index is 1.98. The van der Waals surface area contributed by atoms with Crippen LogP contribution < -0.4 is 5.32 Å². The van der Waals surface area contributed by atoms with Crippen molar-refractivity contribution >= 4 is 17.6 Å². The lowest BCUT2D eigenvalue weighted by atomic mass is 9.88. The van der Waals surface area contributed by atoms with Crippen LogP contribution >= 0.6 is 0 Å². The summed E-state index contributed by atoms with van der Waals surface area (Å²) in [6.07, 6.45) is 7.53. The third-order valence-electron chi connectivity index (χ3n) is 4.38. The molecule has 2 rings (SSSR count). The molecule has 1 aromatic heterocycles. The predicted molar refractivity (Wildman–Crippen MR) is 83.2 cm³/mol. The maximum Gasteiger partial charge on any atom is 0.245 e. The maximum absolute atomic E-state index is 12.7. The zero-order valence-corrected chi connectivity index (χ0v) is 13.4. The van der Waals surface area contributed by atoms with Gasteiger partial charge < -0.3 is 14.7 Å². The largest absolute Gasteiger partial charge is 0.363 e. The molecule has 6 heteroatoms. The molecule has 122 valence electrons. The third kappa shape index (κ3) is 4.32. The standard InChI is InChI=1S/C16H25N3O3/c1-3-12(2)19(16(21)13-7-5-4-6-8-13)11-15(20)17-14-9-10-22-18-14/h9-10,12-13H,3-8,11H2,1-2H3,(H,17,18,20). The molecular formula is C16H25N3O3. The van der Waals surface area contributed by atoms with Crippen LogP contribution in [0.3, 0.4) is 0 Å². The molecule has 22 heavy (non-hydrogen) atoms. The van der Waals surface area contributed by atoms with Crippen LogP contribution in [0.15, 0.2) is 16.9 Å². The molecule has 0 saturated heterocycles. The molecule has 1 aromatic rings. The van der Waals surface area contributed by atoms with E-state index < -0.39 is 0 Å². The van der Waals surface area contributed by atoms with E-state index in [0.29, 0.717) is 5.82 Å². The van der Waals surface area contributed by atoms with Crippen molar-refractivity contribution in [2.45, 2.75) is 58.4 Å². The lowest BCUT2D eigenvalue weighted by molar-refractivity contribution is -0.141. The van der Waals surface area contributed by atoms with Gasteiger partial charge in [-0.15, -0.1) is 0 Å². The van der Waals surface area contributed by atoms with Crippen molar-refractivity contribution in [3.8, 4) is 0 Å². The Kier molecular flexibility index (Phi) is 5.98. The van der Waals surface area contributed by atoms with Crippen LogP contribution in [0.4, 0.5) is 5.82 Å². The Bertz CT molecular complexity index is 481. The van der Waals surface area contributed by atoms with Gasteiger partial charge in [0.2, 0.25) is 11.8 Å². The van der Waals surface area contributed by atoms with Gasteiger partial charge >= 0.3 is 0 Å². The molecule has 0 bridgehead atoms. The molecule has 1 N–H and O–H groups in total. The fourth-order valence-corrected chi connectivity index (χ4v) is 2.87. The smallest absolute Gasteiger partial charge is 0.245 e. The highest BCUT2D eigenvalue weighted by molar-refractivity contribution is 5.94. The van der Waals surface area contributed by atoms with E-state index in [1.54, 1.807) is 11.0 Å². The Morgan fingerprint density at radius 2 is 2.14 bits per heavy atom. The fourth-order valence-electron chi connectivity index (χ4n) is 2.87. The van der Waals surface area contributed by atoms with Crippen LogP contribution in [0, 0.1) is 5.92 Å². The number of aromatic nitrogens is 1. The van der Waals surface area contributed by atoms with Crippen molar-refractivity contribution in [3.05, 3.63) is 12.3 Å². The summed E-state index contributed by atoms with van der Waals surface area (Å²) >= 11 is 0. The average molecular weight is 307 g/mol. The number of amides is 2. The van der Waals surface area contributed by atoms with E-state index >= 15 is 0 Å². The van der Waals surface area contributed by atoms with Gasteiger partial charge in [0, 0.05) is 18.0 Å². The Morgan fingerprint density at radius 3 is 2.73 bits per heavy atom. The number of carbonyl (C=O) groups is 2. The quantitative estimate of drug-likeness (QED) is 0.877. The first kappa shape index (κ1) is 16.5. The minimum absolute atomic E-state index is 0.0532. The molecule has 1 aliphatic rings. The fraction of sp³-hybridized carbons (Fsp3) is 0.688. The van der Waals surface area contributed by atoms with Gasteiger partial charge in [0.15, 0.2) is 5.82 Å². The Hall–Kier alpha value is -1.85. The maximum atomic E-state index is 12.7. The molecule has 6 nitrogen and oxygen atoms in total. The van der Waals surface area contributed by atoms with Crippen LogP contribution in [0.1, 0.15) is 52.4 Å². The van der Waals surface area contributed by atoms with E-state index in [1.807, 2.05) is 13.8 Å². The summed E-state index contributed by atoms with van der Waals surface area (Å²) in [6.45, 7) is 4.09. The summed E-state index contributed by atoms with van der Waals surface area (Å²) in [4.78, 5) is 26.6. The van der Waals surface area contributed by atoms with Crippen LogP contribution in [0.5, 0.6) is 0 Å². The minimum atomic E-state index is -0.238. The number of anilines is 1. The second kappa shape index (κ2) is 7.96.